The first-order valence-corrected chi connectivity index (χ1v) is 11.0. The summed E-state index contributed by atoms with van der Waals surface area (Å²) in [6.07, 6.45) is 5.06. The van der Waals surface area contributed by atoms with Crippen LogP contribution in [0.15, 0.2) is 0 Å². The number of carbonyl (C=O) groups excluding carboxylic acids is 1. The third-order valence-corrected chi connectivity index (χ3v) is 7.33. The summed E-state index contributed by atoms with van der Waals surface area (Å²) in [4.78, 5) is 14.7. The van der Waals surface area contributed by atoms with E-state index in [1.807, 2.05) is 18.9 Å². The maximum Gasteiger partial charge on any atom is 0.225 e. The molecule has 2 rings (SSSR count). The van der Waals surface area contributed by atoms with Gasteiger partial charge in [0.15, 0.2) is 0 Å². The molecule has 2 aliphatic rings. The molecule has 24 heavy (non-hydrogen) atoms. The molecule has 7 heteroatoms. The van der Waals surface area contributed by atoms with E-state index in [1.165, 1.54) is 0 Å². The van der Waals surface area contributed by atoms with Crippen molar-refractivity contribution >= 4 is 15.9 Å². The molecule has 2 fully saturated rings. The molecule has 0 spiro atoms. The number of hydrogen-bond acceptors (Lipinski definition) is 4. The first-order valence-electron chi connectivity index (χ1n) is 9.39. The van der Waals surface area contributed by atoms with Crippen molar-refractivity contribution in [1.29, 1.82) is 0 Å². The number of hydrogen-bond donors (Lipinski definition) is 1. The molecule has 0 saturated carbocycles. The summed E-state index contributed by atoms with van der Waals surface area (Å²) < 4.78 is 26.1. The number of amides is 1. The highest BCUT2D eigenvalue weighted by Gasteiger charge is 2.33. The van der Waals surface area contributed by atoms with E-state index in [0.29, 0.717) is 38.3 Å². The number of piperidine rings is 2. The second-order valence-electron chi connectivity index (χ2n) is 7.17. The fourth-order valence-corrected chi connectivity index (χ4v) is 5.42. The summed E-state index contributed by atoms with van der Waals surface area (Å²) >= 11 is 0. The van der Waals surface area contributed by atoms with Crippen molar-refractivity contribution in [2.45, 2.75) is 45.4 Å². The van der Waals surface area contributed by atoms with Crippen molar-refractivity contribution in [2.24, 2.45) is 11.8 Å². The number of nitrogens with zero attached hydrogens (tertiary/aromatic N) is 2. The van der Waals surface area contributed by atoms with Gasteiger partial charge in [-0.1, -0.05) is 13.3 Å². The molecule has 0 aromatic rings. The molecule has 0 atom stereocenters. The van der Waals surface area contributed by atoms with Crippen LogP contribution in [0.2, 0.25) is 0 Å². The predicted molar refractivity (Wildman–Crippen MR) is 96.2 cm³/mol. The maximum absolute atomic E-state index is 12.7. The van der Waals surface area contributed by atoms with E-state index in [9.17, 15) is 13.2 Å². The standard InChI is InChI=1S/C17H33N3O3S/c1-3-4-13-24(22,23)20-11-7-16(8-12-20)17(21)19-9-5-15(6-10-19)14-18-2/h15-16,18H,3-14H2,1-2H3. The minimum absolute atomic E-state index is 0.00322. The first-order chi connectivity index (χ1) is 11.5. The number of unbranched alkanes of at least 4 members (excludes halogenated alkanes) is 1. The Labute approximate surface area is 147 Å². The van der Waals surface area contributed by atoms with E-state index in [0.717, 1.165) is 38.9 Å². The van der Waals surface area contributed by atoms with Gasteiger partial charge in [0.25, 0.3) is 0 Å². The van der Waals surface area contributed by atoms with Crippen molar-refractivity contribution in [3.8, 4) is 0 Å². The lowest BCUT2D eigenvalue weighted by Gasteiger charge is -2.37. The van der Waals surface area contributed by atoms with E-state index in [4.69, 9.17) is 0 Å². The van der Waals surface area contributed by atoms with Crippen molar-refractivity contribution < 1.29 is 13.2 Å². The SMILES string of the molecule is CCCCS(=O)(=O)N1CCC(C(=O)N2CCC(CNC)CC2)CC1. The molecular weight excluding hydrogens is 326 g/mol. The van der Waals surface area contributed by atoms with Gasteiger partial charge in [-0.25, -0.2) is 12.7 Å². The Balaban J connectivity index is 1.79. The van der Waals surface area contributed by atoms with Crippen LogP contribution in [0.5, 0.6) is 0 Å². The fourth-order valence-electron chi connectivity index (χ4n) is 3.74. The van der Waals surface area contributed by atoms with Gasteiger partial charge >= 0.3 is 0 Å². The molecule has 0 bridgehead atoms. The Kier molecular flexibility index (Phi) is 7.50. The zero-order chi connectivity index (χ0) is 17.6. The van der Waals surface area contributed by atoms with Crippen LogP contribution in [0.4, 0.5) is 0 Å². The second kappa shape index (κ2) is 9.15. The lowest BCUT2D eigenvalue weighted by Crippen LogP contribution is -2.47. The van der Waals surface area contributed by atoms with E-state index in [2.05, 4.69) is 5.32 Å². The van der Waals surface area contributed by atoms with Crippen LogP contribution in [0.1, 0.15) is 45.4 Å². The third kappa shape index (κ3) is 5.17. The van der Waals surface area contributed by atoms with Gasteiger partial charge in [-0.2, -0.15) is 0 Å². The second-order valence-corrected chi connectivity index (χ2v) is 9.26. The van der Waals surface area contributed by atoms with E-state index in [-0.39, 0.29) is 17.6 Å². The zero-order valence-electron chi connectivity index (χ0n) is 15.2. The quantitative estimate of drug-likeness (QED) is 0.744. The predicted octanol–water partition coefficient (Wildman–Crippen LogP) is 1.29. The average Bonchev–Trinajstić information content (AvgIpc) is 2.60. The Morgan fingerprint density at radius 1 is 1.08 bits per heavy atom. The molecule has 2 heterocycles. The molecule has 0 aromatic carbocycles. The van der Waals surface area contributed by atoms with Crippen molar-refractivity contribution in [1.82, 2.24) is 14.5 Å². The fraction of sp³-hybridized carbons (Fsp3) is 0.941. The highest BCUT2D eigenvalue weighted by molar-refractivity contribution is 7.89. The Bertz CT molecular complexity index is 493. The maximum atomic E-state index is 12.7. The zero-order valence-corrected chi connectivity index (χ0v) is 16.0. The van der Waals surface area contributed by atoms with Gasteiger partial charge in [0.2, 0.25) is 15.9 Å². The Morgan fingerprint density at radius 3 is 2.25 bits per heavy atom. The molecule has 0 unspecified atom stereocenters. The average molecular weight is 360 g/mol. The lowest BCUT2D eigenvalue weighted by atomic mass is 9.92. The lowest BCUT2D eigenvalue weighted by molar-refractivity contribution is -0.138. The van der Waals surface area contributed by atoms with Crippen molar-refractivity contribution in [2.75, 3.05) is 45.5 Å². The number of nitrogens with one attached hydrogen (secondary N) is 1. The number of likely N-dealkylation sites (tertiary alicyclic amines) is 1. The number of sulfonamides is 1. The molecule has 0 radical (unpaired) electrons. The molecule has 2 saturated heterocycles. The summed E-state index contributed by atoms with van der Waals surface area (Å²) in [5, 5.41) is 3.21. The van der Waals surface area contributed by atoms with E-state index in [1.54, 1.807) is 4.31 Å². The van der Waals surface area contributed by atoms with Crippen LogP contribution < -0.4 is 5.32 Å². The molecule has 0 aliphatic carbocycles. The first kappa shape index (κ1) is 19.7. The molecular formula is C17H33N3O3S. The minimum atomic E-state index is -3.13. The Hall–Kier alpha value is -0.660. The molecule has 0 aromatic heterocycles. The summed E-state index contributed by atoms with van der Waals surface area (Å²) in [6.45, 7) is 5.72. The van der Waals surface area contributed by atoms with Gasteiger partial charge in [0.05, 0.1) is 5.75 Å². The van der Waals surface area contributed by atoms with E-state index < -0.39 is 10.0 Å². The molecule has 6 nitrogen and oxygen atoms in total. The minimum Gasteiger partial charge on any atom is -0.342 e. The van der Waals surface area contributed by atoms with Crippen LogP contribution in [-0.2, 0) is 14.8 Å². The van der Waals surface area contributed by atoms with Gasteiger partial charge in [-0.3, -0.25) is 4.79 Å². The van der Waals surface area contributed by atoms with Crippen LogP contribution in [0.25, 0.3) is 0 Å². The highest BCUT2D eigenvalue weighted by atomic mass is 32.2. The number of rotatable bonds is 7. The number of carbonyl (C=O) groups is 1. The molecule has 1 N–H and O–H groups in total. The Morgan fingerprint density at radius 2 is 1.71 bits per heavy atom. The molecule has 2 aliphatic heterocycles. The van der Waals surface area contributed by atoms with Crippen LogP contribution in [-0.4, -0.2) is 69.1 Å². The van der Waals surface area contributed by atoms with Gasteiger partial charge in [0, 0.05) is 32.1 Å². The third-order valence-electron chi connectivity index (χ3n) is 5.37. The van der Waals surface area contributed by atoms with Gasteiger partial charge in [-0.05, 0) is 51.6 Å². The van der Waals surface area contributed by atoms with E-state index >= 15 is 0 Å². The van der Waals surface area contributed by atoms with Crippen LogP contribution in [0, 0.1) is 11.8 Å². The van der Waals surface area contributed by atoms with Gasteiger partial charge in [-0.15, -0.1) is 0 Å². The largest absolute Gasteiger partial charge is 0.342 e. The highest BCUT2D eigenvalue weighted by Crippen LogP contribution is 2.25. The van der Waals surface area contributed by atoms with Gasteiger partial charge in [0.1, 0.15) is 0 Å². The molecule has 1 amide bonds. The normalized spacial score (nSPS) is 22.0. The van der Waals surface area contributed by atoms with Crippen LogP contribution >= 0.6 is 0 Å². The summed E-state index contributed by atoms with van der Waals surface area (Å²) in [6, 6.07) is 0. The summed E-state index contributed by atoms with van der Waals surface area (Å²) in [5.74, 6) is 1.15. The monoisotopic (exact) mass is 359 g/mol. The van der Waals surface area contributed by atoms with Gasteiger partial charge < -0.3 is 10.2 Å². The molecule has 140 valence electrons. The topological polar surface area (TPSA) is 69.7 Å². The van der Waals surface area contributed by atoms with Crippen molar-refractivity contribution in [3.63, 3.8) is 0 Å². The summed E-state index contributed by atoms with van der Waals surface area (Å²) in [5.41, 5.74) is 0. The summed E-state index contributed by atoms with van der Waals surface area (Å²) in [7, 11) is -1.16. The van der Waals surface area contributed by atoms with Crippen LogP contribution in [0.3, 0.4) is 0 Å². The smallest absolute Gasteiger partial charge is 0.225 e. The van der Waals surface area contributed by atoms with Crippen molar-refractivity contribution in [3.05, 3.63) is 0 Å².